The summed E-state index contributed by atoms with van der Waals surface area (Å²) in [5.74, 6) is 0.678. The molecule has 0 spiro atoms. The third-order valence-corrected chi connectivity index (χ3v) is 5.81. The number of nitrogens with zero attached hydrogens (tertiary/aromatic N) is 1. The minimum atomic E-state index is -0.825. The molecule has 0 aromatic heterocycles. The van der Waals surface area contributed by atoms with Crippen molar-refractivity contribution in [3.63, 3.8) is 0 Å². The predicted octanol–water partition coefficient (Wildman–Crippen LogP) is 5.20. The van der Waals surface area contributed by atoms with Crippen molar-refractivity contribution in [1.29, 1.82) is 5.26 Å². The normalized spacial score (nSPS) is 11.1. The fourth-order valence-electron chi connectivity index (χ4n) is 3.83. The Kier molecular flexibility index (Phi) is 8.25. The molecule has 0 saturated carbocycles. The highest BCUT2D eigenvalue weighted by molar-refractivity contribution is 5.88. The topological polar surface area (TPSA) is 109 Å². The lowest BCUT2D eigenvalue weighted by molar-refractivity contribution is -0.122. The molecule has 37 heavy (non-hydrogen) atoms. The number of nitrogens with one attached hydrogen (secondary N) is 2. The van der Waals surface area contributed by atoms with Crippen LogP contribution in [0.3, 0.4) is 0 Å². The highest BCUT2D eigenvalue weighted by atomic mass is 16.5. The number of methoxy groups -OCH3 is 1. The van der Waals surface area contributed by atoms with Crippen LogP contribution in [0.4, 0.5) is 11.4 Å². The summed E-state index contributed by atoms with van der Waals surface area (Å²) < 4.78 is 11.6. The van der Waals surface area contributed by atoms with Crippen LogP contribution >= 0.6 is 0 Å². The monoisotopic (exact) mass is 492 g/mol. The highest BCUT2D eigenvalue weighted by Gasteiger charge is 2.25. The van der Waals surface area contributed by atoms with E-state index in [1.54, 1.807) is 43.5 Å². The Balaban J connectivity index is 1.61. The van der Waals surface area contributed by atoms with E-state index in [-0.39, 0.29) is 5.91 Å². The van der Waals surface area contributed by atoms with Crippen LogP contribution < -0.4 is 25.8 Å². The predicted molar refractivity (Wildman–Crippen MR) is 144 cm³/mol. The maximum absolute atomic E-state index is 13.4. The Labute approximate surface area is 216 Å². The minimum absolute atomic E-state index is 0.264. The van der Waals surface area contributed by atoms with Crippen LogP contribution in [0.25, 0.3) is 0 Å². The molecule has 0 aliphatic heterocycles. The molecule has 4 rings (SSSR count). The van der Waals surface area contributed by atoms with Gasteiger partial charge in [-0.15, -0.1) is 0 Å². The van der Waals surface area contributed by atoms with Gasteiger partial charge in [-0.05, 0) is 41.5 Å². The van der Waals surface area contributed by atoms with Crippen molar-refractivity contribution in [3.05, 3.63) is 119 Å². The van der Waals surface area contributed by atoms with E-state index in [2.05, 4.69) is 16.7 Å². The molecule has 7 nitrogen and oxygen atoms in total. The van der Waals surface area contributed by atoms with E-state index in [1.807, 2.05) is 60.7 Å². The molecular formula is C30H28N4O3. The summed E-state index contributed by atoms with van der Waals surface area (Å²) >= 11 is 0. The van der Waals surface area contributed by atoms with Crippen molar-refractivity contribution in [2.75, 3.05) is 18.2 Å². The fourth-order valence-corrected chi connectivity index (χ4v) is 3.83. The van der Waals surface area contributed by atoms with Gasteiger partial charge < -0.3 is 25.8 Å². The van der Waals surface area contributed by atoms with Gasteiger partial charge in [-0.2, -0.15) is 5.26 Å². The average molecular weight is 493 g/mol. The Morgan fingerprint density at radius 1 is 0.919 bits per heavy atom. The molecular weight excluding hydrogens is 464 g/mol. The molecule has 1 atom stereocenters. The molecule has 0 aliphatic carbocycles. The van der Waals surface area contributed by atoms with Gasteiger partial charge in [-0.25, -0.2) is 0 Å². The molecule has 4 N–H and O–H groups in total. The first-order chi connectivity index (χ1) is 18.1. The molecule has 0 heterocycles. The molecule has 4 aromatic rings. The molecule has 7 heteroatoms. The van der Waals surface area contributed by atoms with E-state index < -0.39 is 6.04 Å². The number of rotatable bonds is 10. The average Bonchev–Trinajstić information content (AvgIpc) is 2.95. The van der Waals surface area contributed by atoms with Crippen molar-refractivity contribution in [1.82, 2.24) is 5.32 Å². The van der Waals surface area contributed by atoms with Crippen LogP contribution in [-0.4, -0.2) is 13.0 Å². The number of hydrogen-bond donors (Lipinski definition) is 3. The number of hydrogen-bond acceptors (Lipinski definition) is 6. The smallest absolute Gasteiger partial charge is 0.247 e. The molecule has 0 bridgehead atoms. The summed E-state index contributed by atoms with van der Waals surface area (Å²) in [5.41, 5.74) is 10.6. The first-order valence-corrected chi connectivity index (χ1v) is 11.8. The summed E-state index contributed by atoms with van der Waals surface area (Å²) in [7, 11) is 1.54. The van der Waals surface area contributed by atoms with E-state index >= 15 is 0 Å². The number of nitriles is 1. The van der Waals surface area contributed by atoms with E-state index in [0.29, 0.717) is 47.2 Å². The van der Waals surface area contributed by atoms with Gasteiger partial charge in [0.2, 0.25) is 5.91 Å². The van der Waals surface area contributed by atoms with Gasteiger partial charge in [0.15, 0.2) is 11.5 Å². The van der Waals surface area contributed by atoms with E-state index in [4.69, 9.17) is 20.5 Å². The SMILES string of the molecule is COc1cc(C(Nc2ccc(C#N)cc2)C(=O)NCc2ccccc2)c(N)cc1OCc1ccccc1. The molecule has 0 fully saturated rings. The minimum Gasteiger partial charge on any atom is -0.493 e. The van der Waals surface area contributed by atoms with Gasteiger partial charge >= 0.3 is 0 Å². The summed E-state index contributed by atoms with van der Waals surface area (Å²) in [5, 5.41) is 15.4. The lowest BCUT2D eigenvalue weighted by Gasteiger charge is -2.23. The van der Waals surface area contributed by atoms with E-state index in [0.717, 1.165) is 11.1 Å². The molecule has 4 aromatic carbocycles. The molecule has 0 radical (unpaired) electrons. The Morgan fingerprint density at radius 2 is 1.57 bits per heavy atom. The number of anilines is 2. The van der Waals surface area contributed by atoms with Crippen molar-refractivity contribution in [3.8, 4) is 17.6 Å². The van der Waals surface area contributed by atoms with Gasteiger partial charge in [0.05, 0.1) is 18.7 Å². The second kappa shape index (κ2) is 12.1. The third kappa shape index (κ3) is 6.59. The number of nitrogen functional groups attached to an aromatic ring is 1. The summed E-state index contributed by atoms with van der Waals surface area (Å²) in [6, 6.07) is 31.0. The number of ether oxygens (including phenoxy) is 2. The van der Waals surface area contributed by atoms with Crippen LogP contribution in [0.15, 0.2) is 97.1 Å². The maximum Gasteiger partial charge on any atom is 0.247 e. The van der Waals surface area contributed by atoms with Crippen molar-refractivity contribution < 1.29 is 14.3 Å². The van der Waals surface area contributed by atoms with Crippen LogP contribution in [0.2, 0.25) is 0 Å². The number of carbonyl (C=O) groups is 1. The largest absolute Gasteiger partial charge is 0.493 e. The molecule has 186 valence electrons. The zero-order valence-corrected chi connectivity index (χ0v) is 20.5. The zero-order chi connectivity index (χ0) is 26.0. The Hall–Kier alpha value is -4.96. The van der Waals surface area contributed by atoms with Gasteiger partial charge in [-0.1, -0.05) is 60.7 Å². The van der Waals surface area contributed by atoms with Crippen LogP contribution in [0.5, 0.6) is 11.5 Å². The number of carbonyl (C=O) groups excluding carboxylic acids is 1. The summed E-state index contributed by atoms with van der Waals surface area (Å²) in [6.07, 6.45) is 0. The van der Waals surface area contributed by atoms with Crippen LogP contribution in [0, 0.1) is 11.3 Å². The molecule has 0 aliphatic rings. The molecule has 0 saturated heterocycles. The van der Waals surface area contributed by atoms with Crippen molar-refractivity contribution >= 4 is 17.3 Å². The van der Waals surface area contributed by atoms with Crippen molar-refractivity contribution in [2.45, 2.75) is 19.2 Å². The van der Waals surface area contributed by atoms with Gasteiger partial charge in [0, 0.05) is 29.5 Å². The number of nitrogens with two attached hydrogens (primary N) is 1. The zero-order valence-electron chi connectivity index (χ0n) is 20.5. The Morgan fingerprint density at radius 3 is 2.19 bits per heavy atom. The van der Waals surface area contributed by atoms with E-state index in [1.165, 1.54) is 0 Å². The van der Waals surface area contributed by atoms with Crippen LogP contribution in [0.1, 0.15) is 28.3 Å². The molecule has 1 unspecified atom stereocenters. The molecule has 1 amide bonds. The van der Waals surface area contributed by atoms with Gasteiger partial charge in [-0.3, -0.25) is 4.79 Å². The lowest BCUT2D eigenvalue weighted by atomic mass is 10.0. The summed E-state index contributed by atoms with van der Waals surface area (Å²) in [6.45, 7) is 0.709. The second-order valence-electron chi connectivity index (χ2n) is 8.38. The quantitative estimate of drug-likeness (QED) is 0.263. The Bertz CT molecular complexity index is 1370. The van der Waals surface area contributed by atoms with Crippen molar-refractivity contribution in [2.24, 2.45) is 0 Å². The van der Waals surface area contributed by atoms with Gasteiger partial charge in [0.25, 0.3) is 0 Å². The first-order valence-electron chi connectivity index (χ1n) is 11.8. The number of amides is 1. The second-order valence-corrected chi connectivity index (χ2v) is 8.38. The first kappa shape index (κ1) is 25.1. The lowest BCUT2D eigenvalue weighted by Crippen LogP contribution is -2.33. The van der Waals surface area contributed by atoms with Gasteiger partial charge in [0.1, 0.15) is 12.6 Å². The third-order valence-electron chi connectivity index (χ3n) is 5.81. The number of benzene rings is 4. The maximum atomic E-state index is 13.4. The van der Waals surface area contributed by atoms with E-state index in [9.17, 15) is 4.79 Å². The van der Waals surface area contributed by atoms with Crippen LogP contribution in [-0.2, 0) is 17.9 Å². The highest BCUT2D eigenvalue weighted by Crippen LogP contribution is 2.36. The summed E-state index contributed by atoms with van der Waals surface area (Å²) in [4.78, 5) is 13.4. The fraction of sp³-hybridized carbons (Fsp3) is 0.133. The standard InChI is InChI=1S/C30H28N4O3/c1-36-27-16-25(26(32)17-28(27)37-20-23-10-6-3-7-11-23)29(34-24-14-12-21(18-31)13-15-24)30(35)33-19-22-8-4-2-5-9-22/h2-17,29,34H,19-20,32H2,1H3,(H,33,35).